The van der Waals surface area contributed by atoms with Crippen molar-refractivity contribution in [3.63, 3.8) is 0 Å². The SMILES string of the molecule is CCCC(N(CC)C(=S)SC)P(=O)(OC(C)C)OC(C)C. The van der Waals surface area contributed by atoms with Gasteiger partial charge in [-0.25, -0.2) is 0 Å². The molecule has 0 radical (unpaired) electrons. The van der Waals surface area contributed by atoms with E-state index in [1.165, 1.54) is 11.8 Å². The number of thiocarbonyl (C=S) groups is 1. The fourth-order valence-electron chi connectivity index (χ4n) is 2.07. The van der Waals surface area contributed by atoms with Gasteiger partial charge in [0.2, 0.25) is 0 Å². The first-order valence-corrected chi connectivity index (χ1v) is 10.8. The summed E-state index contributed by atoms with van der Waals surface area (Å²) in [5, 5.41) is 0. The highest BCUT2D eigenvalue weighted by Gasteiger charge is 2.41. The van der Waals surface area contributed by atoms with Crippen LogP contribution in [-0.4, -0.2) is 40.0 Å². The van der Waals surface area contributed by atoms with Crippen molar-refractivity contribution in [3.05, 3.63) is 0 Å². The van der Waals surface area contributed by atoms with Gasteiger partial charge in [0, 0.05) is 6.54 Å². The van der Waals surface area contributed by atoms with Crippen LogP contribution in [-0.2, 0) is 13.6 Å². The summed E-state index contributed by atoms with van der Waals surface area (Å²) >= 11 is 6.91. The highest BCUT2D eigenvalue weighted by molar-refractivity contribution is 8.22. The Morgan fingerprint density at radius 1 is 1.19 bits per heavy atom. The molecule has 0 aromatic heterocycles. The van der Waals surface area contributed by atoms with Gasteiger partial charge in [-0.05, 0) is 47.3 Å². The Kier molecular flexibility index (Phi) is 10.4. The van der Waals surface area contributed by atoms with Gasteiger partial charge in [-0.2, -0.15) is 0 Å². The predicted molar refractivity (Wildman–Crippen MR) is 97.2 cm³/mol. The summed E-state index contributed by atoms with van der Waals surface area (Å²) in [6.07, 6.45) is 3.24. The van der Waals surface area contributed by atoms with Gasteiger partial charge in [-0.1, -0.05) is 25.6 Å². The predicted octanol–water partition coefficient (Wildman–Crippen LogP) is 5.13. The van der Waals surface area contributed by atoms with Crippen molar-refractivity contribution in [1.82, 2.24) is 4.90 Å². The molecule has 0 rings (SSSR count). The highest BCUT2D eigenvalue weighted by Crippen LogP contribution is 2.57. The van der Waals surface area contributed by atoms with Crippen molar-refractivity contribution >= 4 is 35.9 Å². The largest absolute Gasteiger partial charge is 0.353 e. The molecule has 0 amide bonds. The zero-order chi connectivity index (χ0) is 16.6. The lowest BCUT2D eigenvalue weighted by Gasteiger charge is -2.37. The summed E-state index contributed by atoms with van der Waals surface area (Å²) in [6.45, 7) is 12.3. The molecule has 0 bridgehead atoms. The van der Waals surface area contributed by atoms with Gasteiger partial charge in [0.15, 0.2) is 0 Å². The Morgan fingerprint density at radius 3 is 1.95 bits per heavy atom. The summed E-state index contributed by atoms with van der Waals surface area (Å²) in [5.74, 6) is -0.322. The van der Waals surface area contributed by atoms with Crippen LogP contribution in [0.15, 0.2) is 0 Å². The van der Waals surface area contributed by atoms with Crippen molar-refractivity contribution in [2.24, 2.45) is 0 Å². The smallest absolute Gasteiger partial charge is 0.343 e. The number of rotatable bonds is 9. The van der Waals surface area contributed by atoms with Crippen LogP contribution in [0.5, 0.6) is 0 Å². The third-order valence-electron chi connectivity index (χ3n) is 2.74. The first kappa shape index (κ1) is 21.4. The molecule has 0 saturated carbocycles. The average Bonchev–Trinajstić information content (AvgIpc) is 2.36. The molecule has 0 fully saturated rings. The number of nitrogens with zero attached hydrogens (tertiary/aromatic N) is 1. The molecule has 126 valence electrons. The molecule has 4 nitrogen and oxygen atoms in total. The third-order valence-corrected chi connectivity index (χ3v) is 6.75. The average molecular weight is 356 g/mol. The maximum atomic E-state index is 13.4. The lowest BCUT2D eigenvalue weighted by atomic mass is 10.3. The summed E-state index contributed by atoms with van der Waals surface area (Å²) in [4.78, 5) is 1.98. The van der Waals surface area contributed by atoms with Crippen molar-refractivity contribution in [1.29, 1.82) is 0 Å². The monoisotopic (exact) mass is 355 g/mol. The molecule has 1 atom stereocenters. The molecule has 7 heteroatoms. The van der Waals surface area contributed by atoms with Crippen molar-refractivity contribution < 1.29 is 13.6 Å². The minimum atomic E-state index is -3.27. The first-order valence-electron chi connectivity index (χ1n) is 7.52. The minimum Gasteiger partial charge on any atom is -0.343 e. The fraction of sp³-hybridized carbons (Fsp3) is 0.929. The van der Waals surface area contributed by atoms with Crippen LogP contribution < -0.4 is 0 Å². The Balaban J connectivity index is 5.58. The Hall–Kier alpha value is 0.390. The van der Waals surface area contributed by atoms with E-state index in [1.807, 2.05) is 45.8 Å². The highest BCUT2D eigenvalue weighted by atomic mass is 32.2. The second-order valence-corrected chi connectivity index (χ2v) is 8.91. The molecule has 21 heavy (non-hydrogen) atoms. The van der Waals surface area contributed by atoms with E-state index in [0.717, 1.165) is 17.2 Å². The summed E-state index contributed by atoms with van der Waals surface area (Å²) in [6, 6.07) is 0. The Labute approximate surface area is 139 Å². The van der Waals surface area contributed by atoms with Crippen LogP contribution in [0.3, 0.4) is 0 Å². The standard InChI is InChI=1S/C14H30NO3PS2/c1-8-10-13(15(9-2)14(20)21-7)19(16,17-11(3)4)18-12(5)6/h11-13H,8-10H2,1-7H3. The van der Waals surface area contributed by atoms with E-state index in [1.54, 1.807) is 0 Å². The van der Waals surface area contributed by atoms with E-state index in [2.05, 4.69) is 6.92 Å². The molecule has 0 aliphatic heterocycles. The molecule has 0 aliphatic rings. The van der Waals surface area contributed by atoms with E-state index in [-0.39, 0.29) is 18.0 Å². The number of hydrogen-bond donors (Lipinski definition) is 0. The van der Waals surface area contributed by atoms with Crippen LogP contribution in [0, 0.1) is 0 Å². The van der Waals surface area contributed by atoms with Gasteiger partial charge in [0.1, 0.15) is 10.1 Å². The lowest BCUT2D eigenvalue weighted by molar-refractivity contribution is 0.123. The van der Waals surface area contributed by atoms with Gasteiger partial charge >= 0.3 is 7.60 Å². The maximum absolute atomic E-state index is 13.4. The molecular formula is C14H30NO3PS2. The van der Waals surface area contributed by atoms with Crippen LogP contribution in [0.2, 0.25) is 0 Å². The summed E-state index contributed by atoms with van der Waals surface area (Å²) in [7, 11) is -3.27. The minimum absolute atomic E-state index is 0.157. The molecular weight excluding hydrogens is 325 g/mol. The molecule has 0 aromatic rings. The molecule has 0 aromatic carbocycles. The summed E-state index contributed by atoms with van der Waals surface area (Å²) < 4.78 is 25.6. The van der Waals surface area contributed by atoms with Crippen LogP contribution in [0.25, 0.3) is 0 Å². The van der Waals surface area contributed by atoms with E-state index >= 15 is 0 Å². The van der Waals surface area contributed by atoms with Gasteiger partial charge < -0.3 is 13.9 Å². The number of hydrogen-bond acceptors (Lipinski definition) is 5. The molecule has 0 spiro atoms. The molecule has 0 heterocycles. The Morgan fingerprint density at radius 2 is 1.67 bits per heavy atom. The second kappa shape index (κ2) is 10.2. The molecule has 1 unspecified atom stereocenters. The van der Waals surface area contributed by atoms with Crippen molar-refractivity contribution in [3.8, 4) is 0 Å². The first-order chi connectivity index (χ1) is 9.71. The van der Waals surface area contributed by atoms with E-state index < -0.39 is 7.60 Å². The second-order valence-electron chi connectivity index (χ2n) is 5.37. The van der Waals surface area contributed by atoms with E-state index in [0.29, 0.717) is 6.54 Å². The molecule has 0 saturated heterocycles. The maximum Gasteiger partial charge on any atom is 0.353 e. The van der Waals surface area contributed by atoms with E-state index in [4.69, 9.17) is 21.3 Å². The van der Waals surface area contributed by atoms with Gasteiger partial charge in [0.05, 0.1) is 12.2 Å². The van der Waals surface area contributed by atoms with Crippen molar-refractivity contribution in [2.75, 3.05) is 12.8 Å². The molecule has 0 N–H and O–H groups in total. The van der Waals surface area contributed by atoms with Crippen molar-refractivity contribution in [2.45, 2.75) is 72.4 Å². The normalized spacial score (nSPS) is 13.8. The zero-order valence-electron chi connectivity index (χ0n) is 14.3. The quantitative estimate of drug-likeness (QED) is 0.422. The summed E-state index contributed by atoms with van der Waals surface area (Å²) in [5.41, 5.74) is 0. The van der Waals surface area contributed by atoms with Crippen LogP contribution >= 0.6 is 31.6 Å². The van der Waals surface area contributed by atoms with Gasteiger partial charge in [0.25, 0.3) is 0 Å². The lowest BCUT2D eigenvalue weighted by Crippen LogP contribution is -2.39. The van der Waals surface area contributed by atoms with Gasteiger partial charge in [-0.15, -0.1) is 11.8 Å². The topological polar surface area (TPSA) is 38.8 Å². The zero-order valence-corrected chi connectivity index (χ0v) is 16.8. The van der Waals surface area contributed by atoms with Gasteiger partial charge in [-0.3, -0.25) is 4.57 Å². The third kappa shape index (κ3) is 7.00. The van der Waals surface area contributed by atoms with Crippen LogP contribution in [0.4, 0.5) is 0 Å². The fourth-order valence-corrected chi connectivity index (χ4v) is 5.68. The molecule has 0 aliphatic carbocycles. The van der Waals surface area contributed by atoms with Crippen LogP contribution in [0.1, 0.15) is 54.4 Å². The number of thioether (sulfide) groups is 1. The Bertz CT molecular complexity index is 350. The van der Waals surface area contributed by atoms with E-state index in [9.17, 15) is 4.57 Å².